The fourth-order valence-electron chi connectivity index (χ4n) is 2.88. The highest BCUT2D eigenvalue weighted by Gasteiger charge is 2.33. The number of benzene rings is 2. The van der Waals surface area contributed by atoms with Gasteiger partial charge >= 0.3 is 0 Å². The second kappa shape index (κ2) is 6.43. The molecule has 0 unspecified atom stereocenters. The van der Waals surface area contributed by atoms with E-state index in [0.717, 1.165) is 22.2 Å². The van der Waals surface area contributed by atoms with Gasteiger partial charge in [-0.05, 0) is 24.6 Å². The van der Waals surface area contributed by atoms with Crippen molar-refractivity contribution < 1.29 is 5.11 Å². The van der Waals surface area contributed by atoms with E-state index in [2.05, 4.69) is 27.1 Å². The maximum atomic E-state index is 10.2. The summed E-state index contributed by atoms with van der Waals surface area (Å²) in [7, 11) is 0. The third kappa shape index (κ3) is 3.08. The van der Waals surface area contributed by atoms with Gasteiger partial charge in [0.25, 0.3) is 0 Å². The zero-order chi connectivity index (χ0) is 16.4. The van der Waals surface area contributed by atoms with Crippen molar-refractivity contribution in [3.63, 3.8) is 0 Å². The molecule has 0 radical (unpaired) electrons. The molecule has 2 atom stereocenters. The van der Waals surface area contributed by atoms with Crippen molar-refractivity contribution in [1.29, 1.82) is 5.26 Å². The molecule has 1 aliphatic rings. The minimum Gasteiger partial charge on any atom is -0.508 e. The number of nitrogens with zero attached hydrogens (tertiary/aromatic N) is 3. The Morgan fingerprint density at radius 3 is 2.70 bits per heavy atom. The molecule has 0 saturated carbocycles. The molecule has 23 heavy (non-hydrogen) atoms. The number of nitriles is 1. The smallest absolute Gasteiger partial charge is 0.162 e. The topological polar surface area (TPSA) is 59.6 Å². The van der Waals surface area contributed by atoms with Crippen LogP contribution < -0.4 is 0 Å². The van der Waals surface area contributed by atoms with Gasteiger partial charge in [0.1, 0.15) is 5.75 Å². The van der Waals surface area contributed by atoms with Crippen molar-refractivity contribution in [1.82, 2.24) is 5.01 Å². The lowest BCUT2D eigenvalue weighted by Gasteiger charge is -2.28. The lowest BCUT2D eigenvalue weighted by Crippen LogP contribution is -2.24. The Kier molecular flexibility index (Phi) is 4.35. The van der Waals surface area contributed by atoms with E-state index in [1.807, 2.05) is 43.3 Å². The van der Waals surface area contributed by atoms with Crippen molar-refractivity contribution >= 4 is 21.6 Å². The van der Waals surface area contributed by atoms with E-state index in [1.165, 1.54) is 0 Å². The predicted molar refractivity (Wildman–Crippen MR) is 92.9 cm³/mol. The Hall–Kier alpha value is -2.32. The molecule has 0 saturated heterocycles. The largest absolute Gasteiger partial charge is 0.508 e. The number of hydrogen-bond acceptors (Lipinski definition) is 4. The van der Waals surface area contributed by atoms with E-state index >= 15 is 0 Å². The van der Waals surface area contributed by atoms with Crippen molar-refractivity contribution in [3.8, 4) is 11.8 Å². The van der Waals surface area contributed by atoms with Crippen molar-refractivity contribution in [2.24, 2.45) is 5.10 Å². The average Bonchev–Trinajstić information content (AvgIpc) is 2.93. The quantitative estimate of drug-likeness (QED) is 0.863. The summed E-state index contributed by atoms with van der Waals surface area (Å²) in [6.07, 6.45) is 0.777. The monoisotopic (exact) mass is 369 g/mol. The molecule has 1 aliphatic heterocycles. The average molecular weight is 370 g/mol. The Morgan fingerprint density at radius 2 is 2.04 bits per heavy atom. The third-order valence-corrected chi connectivity index (χ3v) is 4.45. The molecule has 1 heterocycles. The van der Waals surface area contributed by atoms with Crippen LogP contribution in [0.25, 0.3) is 0 Å². The summed E-state index contributed by atoms with van der Waals surface area (Å²) in [5, 5.41) is 26.3. The molecule has 2 aromatic rings. The van der Waals surface area contributed by atoms with Crippen molar-refractivity contribution in [2.45, 2.75) is 25.4 Å². The summed E-state index contributed by atoms with van der Waals surface area (Å²) >= 11 is 3.32. The van der Waals surface area contributed by atoms with E-state index in [9.17, 15) is 10.4 Å². The van der Waals surface area contributed by atoms with Crippen LogP contribution in [0.1, 0.15) is 36.6 Å². The molecule has 0 spiro atoms. The number of aromatic hydroxyl groups is 1. The molecular formula is C18H16BrN3O. The Morgan fingerprint density at radius 1 is 1.30 bits per heavy atom. The van der Waals surface area contributed by atoms with Crippen LogP contribution in [0.15, 0.2) is 58.1 Å². The van der Waals surface area contributed by atoms with Crippen LogP contribution in [0.5, 0.6) is 5.75 Å². The summed E-state index contributed by atoms with van der Waals surface area (Å²) in [6.45, 7) is 1.96. The molecule has 0 aromatic heterocycles. The lowest BCUT2D eigenvalue weighted by molar-refractivity contribution is 0.194. The number of hydrogen-bond donors (Lipinski definition) is 1. The molecule has 2 aromatic carbocycles. The fraction of sp³-hybridized carbons (Fsp3) is 0.222. The Labute approximate surface area is 143 Å². The van der Waals surface area contributed by atoms with Crippen LogP contribution in [-0.2, 0) is 0 Å². The molecule has 0 bridgehead atoms. The minimum absolute atomic E-state index is 0.00361. The van der Waals surface area contributed by atoms with Gasteiger partial charge in [-0.15, -0.1) is 0 Å². The molecule has 4 nitrogen and oxygen atoms in total. The first-order chi connectivity index (χ1) is 11.1. The molecule has 3 rings (SSSR count). The molecule has 116 valence electrons. The van der Waals surface area contributed by atoms with E-state index in [4.69, 9.17) is 0 Å². The Balaban J connectivity index is 2.00. The van der Waals surface area contributed by atoms with Gasteiger partial charge in [0.05, 0.1) is 12.1 Å². The molecule has 0 fully saturated rings. The van der Waals surface area contributed by atoms with Crippen LogP contribution in [0.3, 0.4) is 0 Å². The molecule has 0 amide bonds. The minimum atomic E-state index is -0.634. The van der Waals surface area contributed by atoms with Gasteiger partial charge < -0.3 is 5.11 Å². The van der Waals surface area contributed by atoms with Crippen LogP contribution in [0, 0.1) is 11.3 Å². The van der Waals surface area contributed by atoms with Crippen LogP contribution in [0.4, 0.5) is 0 Å². The maximum Gasteiger partial charge on any atom is 0.162 e. The fourth-order valence-corrected chi connectivity index (χ4v) is 3.23. The SMILES string of the molecule is CC1=NN([C@H](C#N)c2ccc(Br)cc2O)[C@@H](c2ccccc2)C1. The standard InChI is InChI=1S/C18H16BrN3O/c1-12-9-16(13-5-3-2-4-6-13)22(21-12)17(11-20)15-8-7-14(19)10-18(15)23/h2-8,10,16-17,23H,9H2,1H3/t16-,17-/m1/s1. The maximum absolute atomic E-state index is 10.2. The number of phenols is 1. The van der Waals surface area contributed by atoms with Gasteiger partial charge in [0.15, 0.2) is 6.04 Å². The summed E-state index contributed by atoms with van der Waals surface area (Å²) in [5.74, 6) is 0.0949. The molecule has 0 aliphatic carbocycles. The van der Waals surface area contributed by atoms with E-state index < -0.39 is 6.04 Å². The first kappa shape index (κ1) is 15.6. The van der Waals surface area contributed by atoms with Gasteiger partial charge in [-0.3, -0.25) is 5.01 Å². The first-order valence-corrected chi connectivity index (χ1v) is 8.15. The van der Waals surface area contributed by atoms with Gasteiger partial charge in [0, 0.05) is 22.2 Å². The van der Waals surface area contributed by atoms with Crippen molar-refractivity contribution in [3.05, 3.63) is 64.1 Å². The van der Waals surface area contributed by atoms with E-state index in [-0.39, 0.29) is 11.8 Å². The van der Waals surface area contributed by atoms with Crippen LogP contribution in [-0.4, -0.2) is 15.8 Å². The molecule has 1 N–H and O–H groups in total. The van der Waals surface area contributed by atoms with Crippen molar-refractivity contribution in [2.75, 3.05) is 0 Å². The number of hydrazone groups is 1. The summed E-state index contributed by atoms with van der Waals surface area (Å²) in [4.78, 5) is 0. The summed E-state index contributed by atoms with van der Waals surface area (Å²) in [5.41, 5.74) is 2.66. The highest BCUT2D eigenvalue weighted by Crippen LogP contribution is 2.40. The lowest BCUT2D eigenvalue weighted by atomic mass is 9.99. The van der Waals surface area contributed by atoms with Crippen LogP contribution >= 0.6 is 15.9 Å². The van der Waals surface area contributed by atoms with Gasteiger partial charge in [-0.2, -0.15) is 10.4 Å². The van der Waals surface area contributed by atoms with E-state index in [1.54, 1.807) is 17.1 Å². The van der Waals surface area contributed by atoms with Crippen LogP contribution in [0.2, 0.25) is 0 Å². The predicted octanol–water partition coefficient (Wildman–Crippen LogP) is 4.54. The van der Waals surface area contributed by atoms with Gasteiger partial charge in [-0.1, -0.05) is 52.3 Å². The molecule has 5 heteroatoms. The highest BCUT2D eigenvalue weighted by molar-refractivity contribution is 9.10. The second-order valence-electron chi connectivity index (χ2n) is 5.58. The number of halogens is 1. The number of phenolic OH excluding ortho intramolecular Hbond substituents is 1. The normalized spacial score (nSPS) is 18.4. The summed E-state index contributed by atoms with van der Waals surface area (Å²) < 4.78 is 0.774. The van der Waals surface area contributed by atoms with E-state index in [0.29, 0.717) is 5.56 Å². The van der Waals surface area contributed by atoms with Gasteiger partial charge in [0.2, 0.25) is 0 Å². The number of rotatable bonds is 3. The zero-order valence-corrected chi connectivity index (χ0v) is 14.2. The first-order valence-electron chi connectivity index (χ1n) is 7.35. The second-order valence-corrected chi connectivity index (χ2v) is 6.50. The molecular weight excluding hydrogens is 354 g/mol. The summed E-state index contributed by atoms with van der Waals surface area (Å²) in [6, 6.07) is 16.9. The Bertz CT molecular complexity index is 783. The van der Waals surface area contributed by atoms with Gasteiger partial charge in [-0.25, -0.2) is 0 Å². The zero-order valence-electron chi connectivity index (χ0n) is 12.6. The highest BCUT2D eigenvalue weighted by atomic mass is 79.9. The third-order valence-electron chi connectivity index (χ3n) is 3.95.